The average Bonchev–Trinajstić information content (AvgIpc) is 2.69. The summed E-state index contributed by atoms with van der Waals surface area (Å²) in [5, 5.41) is 0. The van der Waals surface area contributed by atoms with E-state index in [9.17, 15) is 0 Å². The second-order valence-electron chi connectivity index (χ2n) is 5.41. The summed E-state index contributed by atoms with van der Waals surface area (Å²) in [5.41, 5.74) is 2.75. The molecule has 2 aromatic heterocycles. The molecule has 0 aliphatic carbocycles. The summed E-state index contributed by atoms with van der Waals surface area (Å²) in [6.45, 7) is 0. The van der Waals surface area contributed by atoms with Crippen LogP contribution in [0.3, 0.4) is 0 Å². The van der Waals surface area contributed by atoms with Gasteiger partial charge in [0.1, 0.15) is 4.60 Å². The number of halogens is 1. The summed E-state index contributed by atoms with van der Waals surface area (Å²) in [7, 11) is 0. The summed E-state index contributed by atoms with van der Waals surface area (Å²) in [6.07, 6.45) is 1.75. The zero-order chi connectivity index (χ0) is 17.1. The van der Waals surface area contributed by atoms with Crippen molar-refractivity contribution in [2.24, 2.45) is 0 Å². The second kappa shape index (κ2) is 6.91. The van der Waals surface area contributed by atoms with Crippen molar-refractivity contribution in [3.8, 4) is 34.2 Å². The van der Waals surface area contributed by atoms with Gasteiger partial charge in [0.15, 0.2) is 17.5 Å². The quantitative estimate of drug-likeness (QED) is 0.461. The van der Waals surface area contributed by atoms with Gasteiger partial charge in [0.05, 0.1) is 0 Å². The number of pyridine rings is 1. The number of hydrogen-bond donors (Lipinski definition) is 0. The zero-order valence-electron chi connectivity index (χ0n) is 13.2. The first-order valence-corrected chi connectivity index (χ1v) is 8.58. The predicted molar refractivity (Wildman–Crippen MR) is 102 cm³/mol. The Bertz CT molecular complexity index is 929. The van der Waals surface area contributed by atoms with Crippen LogP contribution in [0.5, 0.6) is 0 Å². The van der Waals surface area contributed by atoms with E-state index in [4.69, 9.17) is 0 Å². The standard InChI is InChI=1S/C20H13BrN4/c21-17-12-11-16(13-22-17)20-24-18(14-7-3-1-4-8-14)23-19(25-20)15-9-5-2-6-10-15/h1-13H. The van der Waals surface area contributed by atoms with Crippen molar-refractivity contribution in [3.05, 3.63) is 83.6 Å². The van der Waals surface area contributed by atoms with Crippen LogP contribution in [0.4, 0.5) is 0 Å². The van der Waals surface area contributed by atoms with E-state index >= 15 is 0 Å². The Hall–Kier alpha value is -2.92. The molecule has 0 amide bonds. The van der Waals surface area contributed by atoms with Crippen LogP contribution in [-0.4, -0.2) is 19.9 Å². The molecule has 25 heavy (non-hydrogen) atoms. The van der Waals surface area contributed by atoms with Crippen LogP contribution in [0, 0.1) is 0 Å². The lowest BCUT2D eigenvalue weighted by Crippen LogP contribution is -2.00. The summed E-state index contributed by atoms with van der Waals surface area (Å²) >= 11 is 3.36. The van der Waals surface area contributed by atoms with E-state index in [2.05, 4.69) is 35.9 Å². The van der Waals surface area contributed by atoms with Crippen molar-refractivity contribution < 1.29 is 0 Å². The molecular formula is C20H13BrN4. The number of hydrogen-bond acceptors (Lipinski definition) is 4. The minimum Gasteiger partial charge on any atom is -0.249 e. The van der Waals surface area contributed by atoms with Crippen LogP contribution in [0.1, 0.15) is 0 Å². The van der Waals surface area contributed by atoms with Crippen LogP contribution >= 0.6 is 15.9 Å². The summed E-state index contributed by atoms with van der Waals surface area (Å²) in [4.78, 5) is 18.2. The molecule has 5 heteroatoms. The van der Waals surface area contributed by atoms with Crippen molar-refractivity contribution in [1.82, 2.24) is 19.9 Å². The molecule has 0 saturated carbocycles. The minimum atomic E-state index is 0.604. The highest BCUT2D eigenvalue weighted by Gasteiger charge is 2.11. The molecular weight excluding hydrogens is 376 g/mol. The first kappa shape index (κ1) is 15.6. The molecule has 0 fully saturated rings. The predicted octanol–water partition coefficient (Wildman–Crippen LogP) is 5.03. The van der Waals surface area contributed by atoms with Gasteiger partial charge in [-0.1, -0.05) is 60.7 Å². The maximum absolute atomic E-state index is 4.67. The number of rotatable bonds is 3. The minimum absolute atomic E-state index is 0.604. The third-order valence-corrected chi connectivity index (χ3v) is 4.15. The van der Waals surface area contributed by atoms with Gasteiger partial charge in [-0.15, -0.1) is 0 Å². The van der Waals surface area contributed by atoms with Gasteiger partial charge in [-0.3, -0.25) is 0 Å². The molecule has 0 radical (unpaired) electrons. The largest absolute Gasteiger partial charge is 0.249 e. The lowest BCUT2D eigenvalue weighted by molar-refractivity contribution is 1.07. The second-order valence-corrected chi connectivity index (χ2v) is 6.22. The Morgan fingerprint density at radius 1 is 0.520 bits per heavy atom. The molecule has 0 bridgehead atoms. The van der Waals surface area contributed by atoms with Crippen LogP contribution < -0.4 is 0 Å². The van der Waals surface area contributed by atoms with E-state index in [1.54, 1.807) is 6.20 Å². The van der Waals surface area contributed by atoms with E-state index in [-0.39, 0.29) is 0 Å². The van der Waals surface area contributed by atoms with Gasteiger partial charge in [-0.2, -0.15) is 0 Å². The van der Waals surface area contributed by atoms with Gasteiger partial charge in [0.2, 0.25) is 0 Å². The van der Waals surface area contributed by atoms with E-state index in [0.29, 0.717) is 17.5 Å². The van der Waals surface area contributed by atoms with Crippen LogP contribution in [-0.2, 0) is 0 Å². The van der Waals surface area contributed by atoms with Gasteiger partial charge >= 0.3 is 0 Å². The molecule has 0 spiro atoms. The molecule has 4 aromatic rings. The third kappa shape index (κ3) is 3.46. The lowest BCUT2D eigenvalue weighted by atomic mass is 10.2. The lowest BCUT2D eigenvalue weighted by Gasteiger charge is -2.08. The molecule has 4 nitrogen and oxygen atoms in total. The molecule has 0 saturated heterocycles. The highest BCUT2D eigenvalue weighted by Crippen LogP contribution is 2.24. The summed E-state index contributed by atoms with van der Waals surface area (Å²) < 4.78 is 0.775. The Balaban J connectivity index is 1.90. The molecule has 0 aliphatic rings. The molecule has 0 atom stereocenters. The fraction of sp³-hybridized carbons (Fsp3) is 0. The van der Waals surface area contributed by atoms with E-state index < -0.39 is 0 Å². The highest BCUT2D eigenvalue weighted by molar-refractivity contribution is 9.10. The van der Waals surface area contributed by atoms with Gasteiger partial charge in [0.25, 0.3) is 0 Å². The SMILES string of the molecule is Brc1ccc(-c2nc(-c3ccccc3)nc(-c3ccccc3)n2)cn1. The Labute approximate surface area is 153 Å². The van der Waals surface area contributed by atoms with Crippen molar-refractivity contribution in [3.63, 3.8) is 0 Å². The molecule has 2 heterocycles. The highest BCUT2D eigenvalue weighted by atomic mass is 79.9. The maximum atomic E-state index is 4.67. The average molecular weight is 389 g/mol. The molecule has 0 N–H and O–H groups in total. The smallest absolute Gasteiger partial charge is 0.165 e. The van der Waals surface area contributed by atoms with Crippen molar-refractivity contribution in [2.45, 2.75) is 0 Å². The third-order valence-electron chi connectivity index (χ3n) is 3.68. The molecule has 0 unspecified atom stereocenters. The first-order valence-electron chi connectivity index (χ1n) is 7.78. The summed E-state index contributed by atoms with van der Waals surface area (Å²) in [6, 6.07) is 23.6. The van der Waals surface area contributed by atoms with Gasteiger partial charge in [0, 0.05) is 22.9 Å². The normalized spacial score (nSPS) is 10.6. The van der Waals surface area contributed by atoms with Gasteiger partial charge < -0.3 is 0 Å². The number of nitrogens with zero attached hydrogens (tertiary/aromatic N) is 4. The number of aromatic nitrogens is 4. The molecule has 2 aromatic carbocycles. The van der Waals surface area contributed by atoms with E-state index in [0.717, 1.165) is 21.3 Å². The van der Waals surface area contributed by atoms with Crippen LogP contribution in [0.15, 0.2) is 83.6 Å². The Kier molecular flexibility index (Phi) is 4.31. The molecule has 0 aliphatic heterocycles. The van der Waals surface area contributed by atoms with Gasteiger partial charge in [-0.25, -0.2) is 19.9 Å². The zero-order valence-corrected chi connectivity index (χ0v) is 14.8. The first-order chi connectivity index (χ1) is 12.3. The Morgan fingerprint density at radius 2 is 1.00 bits per heavy atom. The summed E-state index contributed by atoms with van der Waals surface area (Å²) in [5.74, 6) is 1.90. The van der Waals surface area contributed by atoms with Crippen LogP contribution in [0.2, 0.25) is 0 Å². The van der Waals surface area contributed by atoms with Crippen molar-refractivity contribution in [2.75, 3.05) is 0 Å². The molecule has 120 valence electrons. The van der Waals surface area contributed by atoms with E-state index in [1.165, 1.54) is 0 Å². The Morgan fingerprint density at radius 3 is 1.44 bits per heavy atom. The number of benzene rings is 2. The van der Waals surface area contributed by atoms with Gasteiger partial charge in [-0.05, 0) is 28.1 Å². The fourth-order valence-corrected chi connectivity index (χ4v) is 2.68. The maximum Gasteiger partial charge on any atom is 0.165 e. The van der Waals surface area contributed by atoms with Crippen molar-refractivity contribution >= 4 is 15.9 Å². The van der Waals surface area contributed by atoms with E-state index in [1.807, 2.05) is 72.8 Å². The fourth-order valence-electron chi connectivity index (χ4n) is 2.45. The van der Waals surface area contributed by atoms with Crippen LogP contribution in [0.25, 0.3) is 34.2 Å². The topological polar surface area (TPSA) is 51.6 Å². The monoisotopic (exact) mass is 388 g/mol. The van der Waals surface area contributed by atoms with Crippen molar-refractivity contribution in [1.29, 1.82) is 0 Å². The molecule has 4 rings (SSSR count).